The predicted molar refractivity (Wildman–Crippen MR) is 70.6 cm³/mol. The number of halogens is 2. The first-order chi connectivity index (χ1) is 7.43. The van der Waals surface area contributed by atoms with Crippen LogP contribution in [0.15, 0.2) is 22.7 Å². The molecule has 0 saturated heterocycles. The molecular formula is C11H14BrClN2O. The van der Waals surface area contributed by atoms with E-state index in [9.17, 15) is 4.79 Å². The maximum atomic E-state index is 11.7. The van der Waals surface area contributed by atoms with Crippen LogP contribution < -0.4 is 11.1 Å². The van der Waals surface area contributed by atoms with Crippen LogP contribution in [0, 0.1) is 5.92 Å². The SMILES string of the molecule is CC(C)C(N)C(=O)Nc1cccc(Cl)c1Br. The largest absolute Gasteiger partial charge is 0.324 e. The number of carbonyl (C=O) groups is 1. The summed E-state index contributed by atoms with van der Waals surface area (Å²) in [5, 5.41) is 3.29. The number of amides is 1. The molecule has 16 heavy (non-hydrogen) atoms. The van der Waals surface area contributed by atoms with E-state index in [1.54, 1.807) is 18.2 Å². The van der Waals surface area contributed by atoms with Crippen molar-refractivity contribution in [3.05, 3.63) is 27.7 Å². The van der Waals surface area contributed by atoms with Crippen molar-refractivity contribution in [1.82, 2.24) is 0 Å². The Morgan fingerprint density at radius 1 is 1.50 bits per heavy atom. The summed E-state index contributed by atoms with van der Waals surface area (Å²) in [5.41, 5.74) is 6.37. The van der Waals surface area contributed by atoms with Gasteiger partial charge in [0.15, 0.2) is 0 Å². The standard InChI is InChI=1S/C11H14BrClN2O/c1-6(2)10(14)11(16)15-8-5-3-4-7(13)9(8)12/h3-6,10H,14H2,1-2H3,(H,15,16). The molecule has 1 rings (SSSR count). The lowest BCUT2D eigenvalue weighted by atomic mass is 10.1. The van der Waals surface area contributed by atoms with Gasteiger partial charge in [-0.15, -0.1) is 0 Å². The number of nitrogens with two attached hydrogens (primary N) is 1. The fourth-order valence-corrected chi connectivity index (χ4v) is 1.66. The van der Waals surface area contributed by atoms with Gasteiger partial charge in [-0.05, 0) is 34.0 Å². The molecule has 0 aromatic heterocycles. The zero-order valence-corrected chi connectivity index (χ0v) is 11.5. The van der Waals surface area contributed by atoms with E-state index in [0.717, 1.165) is 0 Å². The lowest BCUT2D eigenvalue weighted by Gasteiger charge is -2.16. The Morgan fingerprint density at radius 2 is 2.12 bits per heavy atom. The minimum absolute atomic E-state index is 0.0953. The number of carbonyl (C=O) groups excluding carboxylic acids is 1. The highest BCUT2D eigenvalue weighted by Gasteiger charge is 2.18. The molecule has 0 heterocycles. The highest BCUT2D eigenvalue weighted by atomic mass is 79.9. The summed E-state index contributed by atoms with van der Waals surface area (Å²) in [4.78, 5) is 11.7. The van der Waals surface area contributed by atoms with Crippen LogP contribution in [0.4, 0.5) is 5.69 Å². The van der Waals surface area contributed by atoms with Gasteiger partial charge in [0.25, 0.3) is 0 Å². The summed E-state index contributed by atoms with van der Waals surface area (Å²) in [6, 6.07) is 4.75. The van der Waals surface area contributed by atoms with Crippen molar-refractivity contribution in [2.45, 2.75) is 19.9 Å². The van der Waals surface area contributed by atoms with Crippen LogP contribution in [-0.2, 0) is 4.79 Å². The van der Waals surface area contributed by atoms with Crippen molar-refractivity contribution < 1.29 is 4.79 Å². The van der Waals surface area contributed by atoms with E-state index in [1.807, 2.05) is 13.8 Å². The lowest BCUT2D eigenvalue weighted by Crippen LogP contribution is -2.39. The molecular weight excluding hydrogens is 291 g/mol. The molecule has 3 N–H and O–H groups in total. The third kappa shape index (κ3) is 3.20. The predicted octanol–water partition coefficient (Wildman–Crippen LogP) is 3.02. The van der Waals surface area contributed by atoms with E-state index in [4.69, 9.17) is 17.3 Å². The number of nitrogens with one attached hydrogen (secondary N) is 1. The van der Waals surface area contributed by atoms with E-state index in [2.05, 4.69) is 21.2 Å². The highest BCUT2D eigenvalue weighted by Crippen LogP contribution is 2.30. The van der Waals surface area contributed by atoms with Gasteiger partial charge in [-0.2, -0.15) is 0 Å². The second-order valence-electron chi connectivity index (χ2n) is 3.86. The molecule has 1 aromatic rings. The Kier molecular flexibility index (Phi) is 4.77. The third-order valence-electron chi connectivity index (χ3n) is 2.23. The van der Waals surface area contributed by atoms with E-state index in [1.165, 1.54) is 0 Å². The van der Waals surface area contributed by atoms with Gasteiger partial charge < -0.3 is 11.1 Å². The zero-order valence-electron chi connectivity index (χ0n) is 9.13. The minimum atomic E-state index is -0.522. The van der Waals surface area contributed by atoms with Crippen molar-refractivity contribution in [2.75, 3.05) is 5.32 Å². The summed E-state index contributed by atoms with van der Waals surface area (Å²) in [6.45, 7) is 3.80. The van der Waals surface area contributed by atoms with Crippen molar-refractivity contribution in [3.63, 3.8) is 0 Å². The lowest BCUT2D eigenvalue weighted by molar-refractivity contribution is -0.118. The van der Waals surface area contributed by atoms with Gasteiger partial charge in [0.1, 0.15) is 0 Å². The average molecular weight is 306 g/mol. The molecule has 1 atom stereocenters. The molecule has 88 valence electrons. The molecule has 0 saturated carbocycles. The van der Waals surface area contributed by atoms with E-state index in [0.29, 0.717) is 15.2 Å². The summed E-state index contributed by atoms with van der Waals surface area (Å²) in [6.07, 6.45) is 0. The molecule has 0 aliphatic rings. The molecule has 1 aromatic carbocycles. The topological polar surface area (TPSA) is 55.1 Å². The minimum Gasteiger partial charge on any atom is -0.324 e. The van der Waals surface area contributed by atoms with Crippen LogP contribution in [0.25, 0.3) is 0 Å². The van der Waals surface area contributed by atoms with Gasteiger partial charge in [0.05, 0.1) is 21.2 Å². The quantitative estimate of drug-likeness (QED) is 0.902. The summed E-state index contributed by atoms with van der Waals surface area (Å²) < 4.78 is 0.668. The average Bonchev–Trinajstić information content (AvgIpc) is 2.23. The van der Waals surface area contributed by atoms with Crippen LogP contribution >= 0.6 is 27.5 Å². The first kappa shape index (κ1) is 13.5. The van der Waals surface area contributed by atoms with Crippen LogP contribution in [0.3, 0.4) is 0 Å². The number of hydrogen-bond acceptors (Lipinski definition) is 2. The number of hydrogen-bond donors (Lipinski definition) is 2. The maximum absolute atomic E-state index is 11.7. The first-order valence-corrected chi connectivity index (χ1v) is 6.11. The Hall–Kier alpha value is -0.580. The van der Waals surface area contributed by atoms with Crippen molar-refractivity contribution in [1.29, 1.82) is 0 Å². The van der Waals surface area contributed by atoms with Gasteiger partial charge in [0.2, 0.25) is 5.91 Å². The van der Waals surface area contributed by atoms with E-state index < -0.39 is 6.04 Å². The van der Waals surface area contributed by atoms with Gasteiger partial charge in [-0.25, -0.2) is 0 Å². The molecule has 3 nitrogen and oxygen atoms in total. The van der Waals surface area contributed by atoms with Gasteiger partial charge in [-0.1, -0.05) is 31.5 Å². The molecule has 1 amide bonds. The van der Waals surface area contributed by atoms with Crippen LogP contribution in [0.5, 0.6) is 0 Å². The fourth-order valence-electron chi connectivity index (χ4n) is 1.12. The second kappa shape index (κ2) is 5.66. The van der Waals surface area contributed by atoms with Crippen molar-refractivity contribution in [3.8, 4) is 0 Å². The maximum Gasteiger partial charge on any atom is 0.241 e. The number of rotatable bonds is 3. The molecule has 5 heteroatoms. The van der Waals surface area contributed by atoms with Crippen LogP contribution in [-0.4, -0.2) is 11.9 Å². The van der Waals surface area contributed by atoms with Gasteiger partial charge in [-0.3, -0.25) is 4.79 Å². The Labute approximate surface area is 108 Å². The second-order valence-corrected chi connectivity index (χ2v) is 5.06. The van der Waals surface area contributed by atoms with Gasteiger partial charge >= 0.3 is 0 Å². The Morgan fingerprint density at radius 3 is 2.69 bits per heavy atom. The van der Waals surface area contributed by atoms with E-state index >= 15 is 0 Å². The van der Waals surface area contributed by atoms with Crippen molar-refractivity contribution >= 4 is 39.1 Å². The van der Waals surface area contributed by atoms with Crippen LogP contribution in [0.2, 0.25) is 5.02 Å². The molecule has 1 unspecified atom stereocenters. The van der Waals surface area contributed by atoms with Crippen molar-refractivity contribution in [2.24, 2.45) is 11.7 Å². The van der Waals surface area contributed by atoms with Gasteiger partial charge in [0, 0.05) is 0 Å². The molecule has 0 spiro atoms. The normalized spacial score (nSPS) is 12.6. The fraction of sp³-hybridized carbons (Fsp3) is 0.364. The van der Waals surface area contributed by atoms with Crippen LogP contribution in [0.1, 0.15) is 13.8 Å². The van der Waals surface area contributed by atoms with E-state index in [-0.39, 0.29) is 11.8 Å². The summed E-state index contributed by atoms with van der Waals surface area (Å²) >= 11 is 9.22. The third-order valence-corrected chi connectivity index (χ3v) is 3.63. The molecule has 0 radical (unpaired) electrons. The molecule has 0 bridgehead atoms. The zero-order chi connectivity index (χ0) is 12.3. The molecule has 0 aliphatic heterocycles. The molecule has 0 fully saturated rings. The number of anilines is 1. The summed E-state index contributed by atoms with van der Waals surface area (Å²) in [7, 11) is 0. The first-order valence-electron chi connectivity index (χ1n) is 4.94. The summed E-state index contributed by atoms with van der Waals surface area (Å²) in [5.74, 6) is -0.115. The number of benzene rings is 1. The molecule has 0 aliphatic carbocycles. The highest BCUT2D eigenvalue weighted by molar-refractivity contribution is 9.10. The Bertz CT molecular complexity index is 396. The smallest absolute Gasteiger partial charge is 0.241 e. The monoisotopic (exact) mass is 304 g/mol. The Balaban J connectivity index is 2.81.